The molecule has 0 aliphatic heterocycles. The maximum absolute atomic E-state index is 12.8. The quantitative estimate of drug-likeness (QED) is 0.463. The molecule has 0 atom stereocenters. The average Bonchev–Trinajstić information content (AvgIpc) is 3.21. The first-order chi connectivity index (χ1) is 14.7. The Morgan fingerprint density at radius 1 is 1.16 bits per heavy atom. The molecular weight excluding hydrogens is 416 g/mol. The SMILES string of the molecule is Cl.O=C(Nc1cnccc1OCCNCc1ccccc1)c1c[nH]c2c1C(=O)CCC2. The van der Waals surface area contributed by atoms with Crippen molar-refractivity contribution in [1.82, 2.24) is 15.3 Å². The summed E-state index contributed by atoms with van der Waals surface area (Å²) in [5, 5.41) is 6.16. The van der Waals surface area contributed by atoms with Gasteiger partial charge in [-0.05, 0) is 18.4 Å². The van der Waals surface area contributed by atoms with Crippen molar-refractivity contribution in [2.24, 2.45) is 0 Å². The second-order valence-electron chi connectivity index (χ2n) is 7.17. The van der Waals surface area contributed by atoms with Crippen molar-refractivity contribution >= 4 is 29.8 Å². The second kappa shape index (κ2) is 10.7. The Morgan fingerprint density at radius 2 is 2.00 bits per heavy atom. The highest BCUT2D eigenvalue weighted by atomic mass is 35.5. The lowest BCUT2D eigenvalue weighted by atomic mass is 9.93. The predicted molar refractivity (Wildman–Crippen MR) is 121 cm³/mol. The molecule has 0 fully saturated rings. The summed E-state index contributed by atoms with van der Waals surface area (Å²) >= 11 is 0. The number of carbonyl (C=O) groups is 2. The summed E-state index contributed by atoms with van der Waals surface area (Å²) in [6.45, 7) is 1.86. The van der Waals surface area contributed by atoms with Gasteiger partial charge in [-0.25, -0.2) is 0 Å². The number of fused-ring (bicyclic) bond motifs is 1. The molecule has 0 unspecified atom stereocenters. The molecule has 4 rings (SSSR count). The highest BCUT2D eigenvalue weighted by Crippen LogP contribution is 2.27. The molecule has 3 aromatic rings. The Balaban J connectivity index is 0.00000272. The first-order valence-corrected chi connectivity index (χ1v) is 10.1. The molecule has 1 amide bonds. The summed E-state index contributed by atoms with van der Waals surface area (Å²) < 4.78 is 5.84. The van der Waals surface area contributed by atoms with Crippen LogP contribution in [0, 0.1) is 0 Å². The Bertz CT molecular complexity index is 1040. The number of aromatic nitrogens is 2. The number of H-pyrrole nitrogens is 1. The molecule has 0 saturated heterocycles. The highest BCUT2D eigenvalue weighted by molar-refractivity contribution is 6.13. The number of nitrogens with one attached hydrogen (secondary N) is 3. The van der Waals surface area contributed by atoms with Crippen LogP contribution < -0.4 is 15.4 Å². The summed E-state index contributed by atoms with van der Waals surface area (Å²) in [5.74, 6) is 0.202. The number of carbonyl (C=O) groups excluding carboxylic acids is 2. The van der Waals surface area contributed by atoms with E-state index in [1.165, 1.54) is 5.56 Å². The van der Waals surface area contributed by atoms with Gasteiger partial charge in [-0.2, -0.15) is 0 Å². The number of nitrogens with zero attached hydrogens (tertiary/aromatic N) is 1. The monoisotopic (exact) mass is 440 g/mol. The number of anilines is 1. The van der Waals surface area contributed by atoms with E-state index in [1.54, 1.807) is 24.7 Å². The first-order valence-electron chi connectivity index (χ1n) is 10.1. The van der Waals surface area contributed by atoms with Crippen LogP contribution in [0.4, 0.5) is 5.69 Å². The first kappa shape index (κ1) is 22.5. The summed E-state index contributed by atoms with van der Waals surface area (Å²) in [6, 6.07) is 11.8. The zero-order valence-electron chi connectivity index (χ0n) is 17.0. The molecule has 0 bridgehead atoms. The number of hydrogen-bond donors (Lipinski definition) is 3. The van der Waals surface area contributed by atoms with Crippen LogP contribution in [-0.4, -0.2) is 34.8 Å². The molecule has 0 radical (unpaired) electrons. The number of rotatable bonds is 8. The summed E-state index contributed by atoms with van der Waals surface area (Å²) in [6.07, 6.45) is 6.84. The zero-order chi connectivity index (χ0) is 20.8. The van der Waals surface area contributed by atoms with E-state index in [2.05, 4.69) is 32.7 Å². The minimum absolute atomic E-state index is 0. The Kier molecular flexibility index (Phi) is 7.81. The van der Waals surface area contributed by atoms with E-state index in [0.717, 1.165) is 25.1 Å². The lowest BCUT2D eigenvalue weighted by Crippen LogP contribution is -2.21. The number of aryl methyl sites for hydroxylation is 1. The van der Waals surface area contributed by atoms with Crippen LogP contribution in [0.3, 0.4) is 0 Å². The van der Waals surface area contributed by atoms with Gasteiger partial charge in [0.15, 0.2) is 5.78 Å². The second-order valence-corrected chi connectivity index (χ2v) is 7.17. The van der Waals surface area contributed by atoms with Crippen molar-refractivity contribution in [3.8, 4) is 5.75 Å². The minimum Gasteiger partial charge on any atom is -0.490 e. The number of pyridine rings is 1. The molecule has 0 spiro atoms. The molecule has 3 N–H and O–H groups in total. The Morgan fingerprint density at radius 3 is 2.84 bits per heavy atom. The maximum atomic E-state index is 12.8. The summed E-state index contributed by atoms with van der Waals surface area (Å²) in [7, 11) is 0. The van der Waals surface area contributed by atoms with Gasteiger partial charge in [0.1, 0.15) is 18.0 Å². The van der Waals surface area contributed by atoms with E-state index in [4.69, 9.17) is 4.74 Å². The van der Waals surface area contributed by atoms with E-state index >= 15 is 0 Å². The molecule has 162 valence electrons. The van der Waals surface area contributed by atoms with E-state index in [-0.39, 0.29) is 24.1 Å². The van der Waals surface area contributed by atoms with Crippen molar-refractivity contribution < 1.29 is 14.3 Å². The number of ether oxygens (including phenoxy) is 1. The minimum atomic E-state index is -0.345. The number of hydrogen-bond acceptors (Lipinski definition) is 5. The molecule has 2 heterocycles. The van der Waals surface area contributed by atoms with Gasteiger partial charge in [-0.1, -0.05) is 30.3 Å². The molecular formula is C23H25ClN4O3. The zero-order valence-corrected chi connectivity index (χ0v) is 17.8. The van der Waals surface area contributed by atoms with Crippen LogP contribution in [0.1, 0.15) is 44.8 Å². The van der Waals surface area contributed by atoms with Gasteiger partial charge in [0.25, 0.3) is 5.91 Å². The third-order valence-corrected chi connectivity index (χ3v) is 5.05. The predicted octanol–water partition coefficient (Wildman–Crippen LogP) is 3.77. The van der Waals surface area contributed by atoms with Gasteiger partial charge < -0.3 is 20.4 Å². The molecule has 1 aliphatic rings. The van der Waals surface area contributed by atoms with Crippen LogP contribution in [0.15, 0.2) is 55.0 Å². The highest BCUT2D eigenvalue weighted by Gasteiger charge is 2.26. The Labute approximate surface area is 187 Å². The van der Waals surface area contributed by atoms with Crippen LogP contribution >= 0.6 is 12.4 Å². The van der Waals surface area contributed by atoms with E-state index < -0.39 is 0 Å². The lowest BCUT2D eigenvalue weighted by molar-refractivity contribution is 0.0956. The van der Waals surface area contributed by atoms with Gasteiger partial charge >= 0.3 is 0 Å². The molecule has 8 heteroatoms. The number of Topliss-reactive ketones (excluding diaryl/α,β-unsaturated/α-hetero) is 1. The van der Waals surface area contributed by atoms with Gasteiger partial charge in [0.05, 0.1) is 17.3 Å². The molecule has 31 heavy (non-hydrogen) atoms. The largest absolute Gasteiger partial charge is 0.490 e. The van der Waals surface area contributed by atoms with Crippen LogP contribution in [-0.2, 0) is 13.0 Å². The normalized spacial score (nSPS) is 12.6. The number of benzene rings is 1. The van der Waals surface area contributed by atoms with Crippen molar-refractivity contribution in [2.75, 3.05) is 18.5 Å². The average molecular weight is 441 g/mol. The third-order valence-electron chi connectivity index (χ3n) is 5.05. The molecule has 1 aliphatic carbocycles. The summed E-state index contributed by atoms with van der Waals surface area (Å²) in [4.78, 5) is 32.2. The number of ketones is 1. The molecule has 0 saturated carbocycles. The van der Waals surface area contributed by atoms with Crippen LogP contribution in [0.2, 0.25) is 0 Å². The number of amides is 1. The van der Waals surface area contributed by atoms with E-state index in [0.29, 0.717) is 42.1 Å². The molecule has 7 nitrogen and oxygen atoms in total. The molecule has 1 aromatic carbocycles. The maximum Gasteiger partial charge on any atom is 0.258 e. The number of aromatic amines is 1. The fourth-order valence-electron chi connectivity index (χ4n) is 3.56. The fraction of sp³-hybridized carbons (Fsp3) is 0.261. The Hall–Kier alpha value is -3.16. The third kappa shape index (κ3) is 5.51. The van der Waals surface area contributed by atoms with Gasteiger partial charge in [-0.15, -0.1) is 12.4 Å². The van der Waals surface area contributed by atoms with Gasteiger partial charge in [0, 0.05) is 43.7 Å². The van der Waals surface area contributed by atoms with Crippen molar-refractivity contribution in [3.05, 3.63) is 77.4 Å². The summed E-state index contributed by atoms with van der Waals surface area (Å²) in [5.41, 5.74) is 3.40. The molecule has 2 aromatic heterocycles. The standard InChI is InChI=1S/C23H24N4O3.ClH/c28-20-8-4-7-18-22(20)17(14-26-18)23(29)27-19-15-24-10-9-21(19)30-12-11-25-13-16-5-2-1-3-6-16;/h1-3,5-6,9-10,14-15,25-26H,4,7-8,11-13H2,(H,27,29);1H. The smallest absolute Gasteiger partial charge is 0.258 e. The topological polar surface area (TPSA) is 96.1 Å². The van der Waals surface area contributed by atoms with Gasteiger partial charge in [0.2, 0.25) is 0 Å². The number of halogens is 1. The van der Waals surface area contributed by atoms with Crippen LogP contribution in [0.5, 0.6) is 5.75 Å². The van der Waals surface area contributed by atoms with Gasteiger partial charge in [-0.3, -0.25) is 14.6 Å². The van der Waals surface area contributed by atoms with Crippen molar-refractivity contribution in [1.29, 1.82) is 0 Å². The van der Waals surface area contributed by atoms with E-state index in [1.807, 2.05) is 18.2 Å². The van der Waals surface area contributed by atoms with Crippen molar-refractivity contribution in [2.45, 2.75) is 25.8 Å². The fourth-order valence-corrected chi connectivity index (χ4v) is 3.56. The van der Waals surface area contributed by atoms with Crippen molar-refractivity contribution in [3.63, 3.8) is 0 Å². The lowest BCUT2D eigenvalue weighted by Gasteiger charge is -2.14. The van der Waals surface area contributed by atoms with E-state index in [9.17, 15) is 9.59 Å². The van der Waals surface area contributed by atoms with Crippen LogP contribution in [0.25, 0.3) is 0 Å².